The van der Waals surface area contributed by atoms with Crippen LogP contribution in [-0.4, -0.2) is 43.9 Å². The number of nitrogens with zero attached hydrogens (tertiary/aromatic N) is 4. The molecule has 1 aliphatic rings. The molecule has 7 heteroatoms. The van der Waals surface area contributed by atoms with Crippen LogP contribution >= 0.6 is 0 Å². The van der Waals surface area contributed by atoms with Crippen molar-refractivity contribution in [3.8, 4) is 17.0 Å². The van der Waals surface area contributed by atoms with Gasteiger partial charge < -0.3 is 15.2 Å². The van der Waals surface area contributed by atoms with Gasteiger partial charge in [-0.2, -0.15) is 0 Å². The van der Waals surface area contributed by atoms with E-state index in [1.165, 1.54) is 0 Å². The molecule has 7 nitrogen and oxygen atoms in total. The van der Waals surface area contributed by atoms with Crippen molar-refractivity contribution >= 4 is 11.5 Å². The molecular weight excluding hydrogens is 318 g/mol. The Morgan fingerprint density at radius 1 is 1.16 bits per heavy atom. The molecule has 25 heavy (non-hydrogen) atoms. The summed E-state index contributed by atoms with van der Waals surface area (Å²) in [5.74, 6) is 1.51. The Bertz CT molecular complexity index is 871. The van der Waals surface area contributed by atoms with E-state index in [-0.39, 0.29) is 6.10 Å². The van der Waals surface area contributed by atoms with E-state index in [1.807, 2.05) is 22.7 Å². The normalized spacial score (nSPS) is 20.6. The number of imidazole rings is 1. The number of nitrogens with one attached hydrogen (secondary N) is 1. The van der Waals surface area contributed by atoms with Crippen molar-refractivity contribution in [1.82, 2.24) is 19.6 Å². The molecule has 0 atom stereocenters. The monoisotopic (exact) mass is 339 g/mol. The number of anilines is 1. The van der Waals surface area contributed by atoms with Crippen LogP contribution in [0, 0.1) is 0 Å². The molecule has 2 N–H and O–H groups in total. The van der Waals surface area contributed by atoms with Crippen LogP contribution in [0.1, 0.15) is 25.7 Å². The van der Waals surface area contributed by atoms with E-state index in [9.17, 15) is 5.11 Å². The lowest BCUT2D eigenvalue weighted by Gasteiger charge is -2.26. The van der Waals surface area contributed by atoms with Crippen LogP contribution in [0.4, 0.5) is 5.82 Å². The third kappa shape index (κ3) is 3.28. The fourth-order valence-electron chi connectivity index (χ4n) is 3.25. The summed E-state index contributed by atoms with van der Waals surface area (Å²) in [4.78, 5) is 8.63. The molecule has 0 aliphatic heterocycles. The third-order valence-corrected chi connectivity index (χ3v) is 4.66. The Kier molecular flexibility index (Phi) is 4.23. The number of aliphatic hydroxyl groups is 1. The molecule has 0 unspecified atom stereocenters. The summed E-state index contributed by atoms with van der Waals surface area (Å²) < 4.78 is 7.07. The summed E-state index contributed by atoms with van der Waals surface area (Å²) in [7, 11) is 1.62. The van der Waals surface area contributed by atoms with Crippen molar-refractivity contribution in [2.45, 2.75) is 37.8 Å². The molecule has 0 saturated heterocycles. The van der Waals surface area contributed by atoms with Crippen molar-refractivity contribution in [2.75, 3.05) is 12.4 Å². The van der Waals surface area contributed by atoms with Crippen LogP contribution < -0.4 is 10.1 Å². The molecular formula is C18H21N5O2. The van der Waals surface area contributed by atoms with E-state index < -0.39 is 0 Å². The molecule has 0 radical (unpaired) electrons. The quantitative estimate of drug-likeness (QED) is 0.760. The smallest absolute Gasteiger partial charge is 0.154 e. The van der Waals surface area contributed by atoms with Gasteiger partial charge in [-0.1, -0.05) is 0 Å². The van der Waals surface area contributed by atoms with Crippen molar-refractivity contribution < 1.29 is 9.84 Å². The lowest BCUT2D eigenvalue weighted by atomic mass is 9.93. The number of ether oxygens (including phenoxy) is 1. The zero-order chi connectivity index (χ0) is 17.2. The highest BCUT2D eigenvalue weighted by molar-refractivity contribution is 5.64. The summed E-state index contributed by atoms with van der Waals surface area (Å²) >= 11 is 0. The van der Waals surface area contributed by atoms with Crippen LogP contribution in [0.2, 0.25) is 0 Å². The molecule has 1 saturated carbocycles. The zero-order valence-corrected chi connectivity index (χ0v) is 14.1. The van der Waals surface area contributed by atoms with Crippen molar-refractivity contribution in [3.63, 3.8) is 0 Å². The molecule has 1 aliphatic carbocycles. The first-order chi connectivity index (χ1) is 12.2. The average Bonchev–Trinajstić information content (AvgIpc) is 3.07. The minimum Gasteiger partial charge on any atom is -0.495 e. The standard InChI is InChI=1S/C18H21N5O2/c1-25-15-8-12(9-19-10-15)16-11-20-18-7-6-17(22-23(16)18)21-13-2-4-14(24)5-3-13/h6-11,13-14,24H,2-5H2,1H3,(H,21,22). The summed E-state index contributed by atoms with van der Waals surface area (Å²) in [5, 5.41) is 17.8. The molecule has 1 fully saturated rings. The molecule has 3 aromatic rings. The van der Waals surface area contributed by atoms with E-state index in [4.69, 9.17) is 9.84 Å². The lowest BCUT2D eigenvalue weighted by Crippen LogP contribution is -2.28. The van der Waals surface area contributed by atoms with Crippen LogP contribution in [0.3, 0.4) is 0 Å². The summed E-state index contributed by atoms with van der Waals surface area (Å²) in [6.45, 7) is 0. The van der Waals surface area contributed by atoms with Crippen LogP contribution in [0.5, 0.6) is 5.75 Å². The van der Waals surface area contributed by atoms with E-state index in [0.29, 0.717) is 11.8 Å². The Balaban J connectivity index is 1.63. The maximum atomic E-state index is 9.64. The minimum absolute atomic E-state index is 0.158. The van der Waals surface area contributed by atoms with Crippen LogP contribution in [-0.2, 0) is 0 Å². The molecule has 4 rings (SSSR count). The largest absolute Gasteiger partial charge is 0.495 e. The number of pyridine rings is 1. The van der Waals surface area contributed by atoms with Crippen LogP contribution in [0.25, 0.3) is 16.9 Å². The van der Waals surface area contributed by atoms with Gasteiger partial charge in [-0.15, -0.1) is 5.10 Å². The number of hydrogen-bond acceptors (Lipinski definition) is 6. The van der Waals surface area contributed by atoms with E-state index in [1.54, 1.807) is 25.7 Å². The number of aliphatic hydroxyl groups excluding tert-OH is 1. The third-order valence-electron chi connectivity index (χ3n) is 4.66. The van der Waals surface area contributed by atoms with Gasteiger partial charge in [-0.25, -0.2) is 9.50 Å². The Morgan fingerprint density at radius 3 is 2.80 bits per heavy atom. The van der Waals surface area contributed by atoms with Gasteiger partial charge >= 0.3 is 0 Å². The highest BCUT2D eigenvalue weighted by Crippen LogP contribution is 2.25. The van der Waals surface area contributed by atoms with Gasteiger partial charge in [-0.05, 0) is 43.9 Å². The van der Waals surface area contributed by atoms with E-state index in [0.717, 1.165) is 48.4 Å². The summed E-state index contributed by atoms with van der Waals surface area (Å²) in [6.07, 6.45) is 8.67. The maximum absolute atomic E-state index is 9.64. The lowest BCUT2D eigenvalue weighted by molar-refractivity contribution is 0.126. The molecule has 0 aromatic carbocycles. The molecule has 130 valence electrons. The fraction of sp³-hybridized carbons (Fsp3) is 0.389. The SMILES string of the molecule is COc1cncc(-c2cnc3ccc(NC4CCC(O)CC4)nn23)c1. The first kappa shape index (κ1) is 15.8. The van der Waals surface area contributed by atoms with Crippen molar-refractivity contribution in [2.24, 2.45) is 0 Å². The molecule has 3 heterocycles. The molecule has 0 amide bonds. The maximum Gasteiger partial charge on any atom is 0.154 e. The number of fused-ring (bicyclic) bond motifs is 1. The molecule has 0 bridgehead atoms. The van der Waals surface area contributed by atoms with Gasteiger partial charge in [0.05, 0.1) is 31.3 Å². The topological polar surface area (TPSA) is 84.6 Å². The van der Waals surface area contributed by atoms with Gasteiger partial charge in [0, 0.05) is 17.8 Å². The Morgan fingerprint density at radius 2 is 2.00 bits per heavy atom. The van der Waals surface area contributed by atoms with Crippen molar-refractivity contribution in [3.05, 3.63) is 36.8 Å². The van der Waals surface area contributed by atoms with Gasteiger partial charge in [-0.3, -0.25) is 4.98 Å². The second-order valence-electron chi connectivity index (χ2n) is 6.40. The number of rotatable bonds is 4. The number of hydrogen-bond donors (Lipinski definition) is 2. The Labute approximate surface area is 145 Å². The molecule has 3 aromatic heterocycles. The molecule has 0 spiro atoms. The second-order valence-corrected chi connectivity index (χ2v) is 6.40. The zero-order valence-electron chi connectivity index (χ0n) is 14.1. The average molecular weight is 339 g/mol. The fourth-order valence-corrected chi connectivity index (χ4v) is 3.25. The van der Waals surface area contributed by atoms with Crippen molar-refractivity contribution in [1.29, 1.82) is 0 Å². The van der Waals surface area contributed by atoms with E-state index in [2.05, 4.69) is 15.3 Å². The highest BCUT2D eigenvalue weighted by atomic mass is 16.5. The predicted octanol–water partition coefficient (Wildman–Crippen LogP) is 2.52. The second kappa shape index (κ2) is 6.68. The summed E-state index contributed by atoms with van der Waals surface area (Å²) in [5.41, 5.74) is 2.55. The minimum atomic E-state index is -0.158. The van der Waals surface area contributed by atoms with Gasteiger partial charge in [0.15, 0.2) is 5.65 Å². The summed E-state index contributed by atoms with van der Waals surface area (Å²) in [6, 6.07) is 6.16. The predicted molar refractivity (Wildman–Crippen MR) is 94.7 cm³/mol. The Hall–Kier alpha value is -2.67. The van der Waals surface area contributed by atoms with Gasteiger partial charge in [0.25, 0.3) is 0 Å². The highest BCUT2D eigenvalue weighted by Gasteiger charge is 2.19. The first-order valence-electron chi connectivity index (χ1n) is 8.52. The number of methoxy groups -OCH3 is 1. The van der Waals surface area contributed by atoms with Gasteiger partial charge in [0.2, 0.25) is 0 Å². The number of aromatic nitrogens is 4. The van der Waals surface area contributed by atoms with E-state index >= 15 is 0 Å². The van der Waals surface area contributed by atoms with Gasteiger partial charge in [0.1, 0.15) is 11.6 Å². The van der Waals surface area contributed by atoms with Crippen LogP contribution in [0.15, 0.2) is 36.8 Å². The first-order valence-corrected chi connectivity index (χ1v) is 8.52.